The van der Waals surface area contributed by atoms with Gasteiger partial charge in [-0.15, -0.1) is 0 Å². The van der Waals surface area contributed by atoms with Crippen molar-refractivity contribution in [3.05, 3.63) is 34.9 Å². The first-order valence-corrected chi connectivity index (χ1v) is 10.4. The summed E-state index contributed by atoms with van der Waals surface area (Å²) in [6.45, 7) is 4.44. The zero-order valence-electron chi connectivity index (χ0n) is 14.3. The minimum Gasteiger partial charge on any atom is -0.379 e. The molecule has 0 aliphatic carbocycles. The van der Waals surface area contributed by atoms with Crippen molar-refractivity contribution in [3.63, 3.8) is 0 Å². The number of nitrogens with zero attached hydrogens (tertiary/aromatic N) is 2. The highest BCUT2D eigenvalue weighted by molar-refractivity contribution is 7.88. The molecule has 9 heteroatoms. The molecular weight excluding hydrogens is 366 g/mol. The Labute approximate surface area is 153 Å². The van der Waals surface area contributed by atoms with Gasteiger partial charge >= 0.3 is 0 Å². The largest absolute Gasteiger partial charge is 0.379 e. The molecule has 1 N–H and O–H groups in total. The number of morpholine rings is 1. The van der Waals surface area contributed by atoms with Gasteiger partial charge in [-0.25, -0.2) is 8.42 Å². The van der Waals surface area contributed by atoms with Crippen LogP contribution in [0, 0.1) is 0 Å². The minimum atomic E-state index is -3.34. The number of amides is 1. The second-order valence-electron chi connectivity index (χ2n) is 5.85. The van der Waals surface area contributed by atoms with E-state index in [2.05, 4.69) is 10.2 Å². The van der Waals surface area contributed by atoms with Gasteiger partial charge in [0, 0.05) is 39.3 Å². The number of carbonyl (C=O) groups is 1. The molecule has 1 fully saturated rings. The summed E-state index contributed by atoms with van der Waals surface area (Å²) in [5.74, 6) is -0.313. The number of sulfonamides is 1. The smallest absolute Gasteiger partial charge is 0.252 e. The van der Waals surface area contributed by atoms with Gasteiger partial charge in [0.2, 0.25) is 10.0 Å². The monoisotopic (exact) mass is 389 g/mol. The average molecular weight is 390 g/mol. The molecule has 1 aliphatic heterocycles. The first-order chi connectivity index (χ1) is 11.9. The van der Waals surface area contributed by atoms with E-state index in [1.807, 2.05) is 0 Å². The molecule has 7 nitrogen and oxygen atoms in total. The molecule has 0 saturated carbocycles. The van der Waals surface area contributed by atoms with E-state index in [-0.39, 0.29) is 19.0 Å². The van der Waals surface area contributed by atoms with Crippen molar-refractivity contribution in [2.24, 2.45) is 0 Å². The summed E-state index contributed by atoms with van der Waals surface area (Å²) in [4.78, 5) is 14.3. The van der Waals surface area contributed by atoms with Crippen LogP contribution in [-0.4, -0.2) is 82.3 Å². The van der Waals surface area contributed by atoms with E-state index in [1.165, 1.54) is 10.6 Å². The fourth-order valence-corrected chi connectivity index (χ4v) is 3.61. The van der Waals surface area contributed by atoms with Crippen molar-refractivity contribution in [1.29, 1.82) is 0 Å². The Kier molecular flexibility index (Phi) is 7.64. The Morgan fingerprint density at radius 1 is 1.28 bits per heavy atom. The number of hydrogen-bond acceptors (Lipinski definition) is 5. The fraction of sp³-hybridized carbons (Fsp3) is 0.562. The standard InChI is InChI=1S/C16H24ClN3O4S/c1-25(22,23)20(9-8-19-10-12-24-13-11-19)7-6-18-16(21)14-4-2-3-5-15(14)17/h2-5H,6-13H2,1H3,(H,18,21). The van der Waals surface area contributed by atoms with Crippen LogP contribution in [0.25, 0.3) is 0 Å². The lowest BCUT2D eigenvalue weighted by atomic mass is 10.2. The molecule has 1 saturated heterocycles. The Morgan fingerprint density at radius 3 is 2.60 bits per heavy atom. The summed E-state index contributed by atoms with van der Waals surface area (Å²) in [5.41, 5.74) is 0.378. The topological polar surface area (TPSA) is 79.0 Å². The zero-order valence-corrected chi connectivity index (χ0v) is 15.9. The Hall–Kier alpha value is -1.19. The van der Waals surface area contributed by atoms with Crippen LogP contribution in [0.1, 0.15) is 10.4 Å². The first kappa shape index (κ1) is 20.1. The van der Waals surface area contributed by atoms with Crippen molar-refractivity contribution < 1.29 is 17.9 Å². The molecule has 1 aliphatic rings. The van der Waals surface area contributed by atoms with E-state index in [0.717, 1.165) is 13.1 Å². The van der Waals surface area contributed by atoms with Gasteiger partial charge in [-0.05, 0) is 12.1 Å². The summed E-state index contributed by atoms with van der Waals surface area (Å²) in [7, 11) is -3.34. The molecule has 1 heterocycles. The Balaban J connectivity index is 1.83. The lowest BCUT2D eigenvalue weighted by Gasteiger charge is -2.29. The summed E-state index contributed by atoms with van der Waals surface area (Å²) in [6, 6.07) is 6.74. The van der Waals surface area contributed by atoms with Crippen molar-refractivity contribution >= 4 is 27.5 Å². The summed E-state index contributed by atoms with van der Waals surface area (Å²) >= 11 is 5.99. The van der Waals surface area contributed by atoms with E-state index in [0.29, 0.717) is 36.9 Å². The molecule has 0 unspecified atom stereocenters. The van der Waals surface area contributed by atoms with Crippen LogP contribution in [-0.2, 0) is 14.8 Å². The van der Waals surface area contributed by atoms with Crippen molar-refractivity contribution in [2.75, 3.05) is 58.7 Å². The second kappa shape index (κ2) is 9.49. The molecule has 0 atom stereocenters. The maximum absolute atomic E-state index is 12.1. The van der Waals surface area contributed by atoms with E-state index in [9.17, 15) is 13.2 Å². The number of hydrogen-bond donors (Lipinski definition) is 1. The predicted molar refractivity (Wildman–Crippen MR) is 97.5 cm³/mol. The normalized spacial score (nSPS) is 16.1. The number of benzene rings is 1. The SMILES string of the molecule is CS(=O)(=O)N(CCNC(=O)c1ccccc1Cl)CCN1CCOCC1. The third kappa shape index (κ3) is 6.56. The molecule has 0 radical (unpaired) electrons. The summed E-state index contributed by atoms with van der Waals surface area (Å²) in [6.07, 6.45) is 1.18. The highest BCUT2D eigenvalue weighted by Gasteiger charge is 2.19. The van der Waals surface area contributed by atoms with Crippen LogP contribution in [0.5, 0.6) is 0 Å². The molecule has 25 heavy (non-hydrogen) atoms. The minimum absolute atomic E-state index is 0.222. The van der Waals surface area contributed by atoms with Crippen molar-refractivity contribution in [1.82, 2.24) is 14.5 Å². The molecule has 1 aromatic carbocycles. The molecular formula is C16H24ClN3O4S. The van der Waals surface area contributed by atoms with Crippen molar-refractivity contribution in [2.45, 2.75) is 0 Å². The van der Waals surface area contributed by atoms with Crippen molar-refractivity contribution in [3.8, 4) is 0 Å². The van der Waals surface area contributed by atoms with Crippen LogP contribution < -0.4 is 5.32 Å². The molecule has 1 aromatic rings. The van der Waals surface area contributed by atoms with Gasteiger partial charge in [0.25, 0.3) is 5.91 Å². The van der Waals surface area contributed by atoms with E-state index >= 15 is 0 Å². The predicted octanol–water partition coefficient (Wildman–Crippen LogP) is 0.664. The Bertz CT molecular complexity index is 678. The number of rotatable bonds is 8. The van der Waals surface area contributed by atoms with E-state index < -0.39 is 10.0 Å². The van der Waals surface area contributed by atoms with E-state index in [1.54, 1.807) is 24.3 Å². The van der Waals surface area contributed by atoms with Crippen LogP contribution in [0.15, 0.2) is 24.3 Å². The van der Waals surface area contributed by atoms with Gasteiger partial charge in [-0.2, -0.15) is 4.31 Å². The first-order valence-electron chi connectivity index (χ1n) is 8.16. The van der Waals surface area contributed by atoms with Gasteiger partial charge in [-0.1, -0.05) is 23.7 Å². The number of halogens is 1. The van der Waals surface area contributed by atoms with Crippen LogP contribution in [0.3, 0.4) is 0 Å². The summed E-state index contributed by atoms with van der Waals surface area (Å²) < 4.78 is 30.6. The summed E-state index contributed by atoms with van der Waals surface area (Å²) in [5, 5.41) is 3.09. The van der Waals surface area contributed by atoms with Gasteiger partial charge in [0.05, 0.1) is 30.1 Å². The highest BCUT2D eigenvalue weighted by Crippen LogP contribution is 2.14. The Morgan fingerprint density at radius 2 is 1.96 bits per heavy atom. The lowest BCUT2D eigenvalue weighted by Crippen LogP contribution is -2.44. The lowest BCUT2D eigenvalue weighted by molar-refractivity contribution is 0.0363. The third-order valence-electron chi connectivity index (χ3n) is 4.00. The van der Waals surface area contributed by atoms with Crippen LogP contribution >= 0.6 is 11.6 Å². The number of ether oxygens (including phenoxy) is 1. The molecule has 0 bridgehead atoms. The molecule has 2 rings (SSSR count). The molecule has 0 spiro atoms. The van der Waals surface area contributed by atoms with Gasteiger partial charge in [0.15, 0.2) is 0 Å². The second-order valence-corrected chi connectivity index (χ2v) is 8.24. The molecule has 0 aromatic heterocycles. The highest BCUT2D eigenvalue weighted by atomic mass is 35.5. The van der Waals surface area contributed by atoms with Gasteiger partial charge < -0.3 is 10.1 Å². The number of carbonyl (C=O) groups excluding carboxylic acids is 1. The average Bonchev–Trinajstić information content (AvgIpc) is 2.58. The maximum atomic E-state index is 12.1. The third-order valence-corrected chi connectivity index (χ3v) is 5.64. The maximum Gasteiger partial charge on any atom is 0.252 e. The number of nitrogens with one attached hydrogen (secondary N) is 1. The van der Waals surface area contributed by atoms with Crippen LogP contribution in [0.2, 0.25) is 5.02 Å². The molecule has 1 amide bonds. The van der Waals surface area contributed by atoms with E-state index in [4.69, 9.17) is 16.3 Å². The quantitative estimate of drug-likeness (QED) is 0.706. The van der Waals surface area contributed by atoms with Gasteiger partial charge in [-0.3, -0.25) is 9.69 Å². The van der Waals surface area contributed by atoms with Crippen LogP contribution in [0.4, 0.5) is 0 Å². The molecule has 140 valence electrons. The zero-order chi connectivity index (χ0) is 18.3. The fourth-order valence-electron chi connectivity index (χ4n) is 2.56. The van der Waals surface area contributed by atoms with Gasteiger partial charge in [0.1, 0.15) is 0 Å².